The van der Waals surface area contributed by atoms with Crippen LogP contribution in [0.15, 0.2) is 60.8 Å². The number of carbonyl (C=O) groups excluding carboxylic acids is 2. The minimum atomic E-state index is -1.62. The predicted molar refractivity (Wildman–Crippen MR) is 343 cm³/mol. The summed E-state index contributed by atoms with van der Waals surface area (Å²) in [6.45, 7) is 5.67. The number of hydrogen-bond acceptors (Lipinski definition) is 10. The number of carbonyl (C=O) groups is 2. The molecule has 1 aliphatic rings. The molecule has 11 nitrogen and oxygen atoms in total. The first-order chi connectivity index (χ1) is 40.2. The van der Waals surface area contributed by atoms with E-state index >= 15 is 0 Å². The summed E-state index contributed by atoms with van der Waals surface area (Å²) in [5, 5.41) is 57.1. The minimum absolute atomic E-state index is 0.124. The van der Waals surface area contributed by atoms with Crippen LogP contribution >= 0.6 is 0 Å². The van der Waals surface area contributed by atoms with Crippen molar-refractivity contribution in [3.05, 3.63) is 60.8 Å². The van der Waals surface area contributed by atoms with E-state index in [1.165, 1.54) is 186 Å². The maximum absolute atomic E-state index is 13.4. The Morgan fingerprint density at radius 3 is 1.34 bits per heavy atom. The Morgan fingerprint density at radius 2 is 0.890 bits per heavy atom. The average molecular weight is 1160 g/mol. The second kappa shape index (κ2) is 58.7. The number of hydrogen-bond donors (Lipinski definition) is 6. The zero-order valence-corrected chi connectivity index (χ0v) is 53.1. The molecule has 6 N–H and O–H groups in total. The smallest absolute Gasteiger partial charge is 0.306 e. The second-order valence-corrected chi connectivity index (χ2v) is 23.9. The molecule has 0 aliphatic carbocycles. The Labute approximate surface area is 503 Å². The Morgan fingerprint density at radius 1 is 0.488 bits per heavy atom. The van der Waals surface area contributed by atoms with E-state index in [9.17, 15) is 35.1 Å². The molecule has 1 aliphatic heterocycles. The summed E-state index contributed by atoms with van der Waals surface area (Å²) < 4.78 is 17.7. The molecule has 8 atom stereocenters. The largest absolute Gasteiger partial charge is 0.454 e. The summed E-state index contributed by atoms with van der Waals surface area (Å²) in [5.74, 6) is -1.20. The van der Waals surface area contributed by atoms with E-state index in [-0.39, 0.29) is 19.4 Å². The van der Waals surface area contributed by atoms with Crippen molar-refractivity contribution >= 4 is 11.9 Å². The van der Waals surface area contributed by atoms with Gasteiger partial charge in [-0.1, -0.05) is 300 Å². The highest BCUT2D eigenvalue weighted by molar-refractivity contribution is 5.80. The van der Waals surface area contributed by atoms with E-state index in [1.807, 2.05) is 12.2 Å². The van der Waals surface area contributed by atoms with Crippen molar-refractivity contribution in [1.82, 2.24) is 5.32 Å². The van der Waals surface area contributed by atoms with Gasteiger partial charge in [0.05, 0.1) is 25.4 Å². The first-order valence-corrected chi connectivity index (χ1v) is 34.6. The third-order valence-corrected chi connectivity index (χ3v) is 16.2. The van der Waals surface area contributed by atoms with Gasteiger partial charge in [-0.15, -0.1) is 0 Å². The van der Waals surface area contributed by atoms with E-state index in [1.54, 1.807) is 6.08 Å². The van der Waals surface area contributed by atoms with Gasteiger partial charge < -0.3 is 45.1 Å². The van der Waals surface area contributed by atoms with Crippen molar-refractivity contribution in [2.45, 2.75) is 365 Å². The summed E-state index contributed by atoms with van der Waals surface area (Å²) >= 11 is 0. The molecule has 0 aromatic carbocycles. The van der Waals surface area contributed by atoms with Crippen molar-refractivity contribution in [3.63, 3.8) is 0 Å². The summed E-state index contributed by atoms with van der Waals surface area (Å²) in [6.07, 6.45) is 64.2. The number of nitrogens with one attached hydrogen (secondary N) is 1. The van der Waals surface area contributed by atoms with Crippen molar-refractivity contribution < 1.29 is 49.3 Å². The van der Waals surface area contributed by atoms with Crippen molar-refractivity contribution in [2.24, 2.45) is 0 Å². The molecule has 1 fully saturated rings. The lowest BCUT2D eigenvalue weighted by Crippen LogP contribution is -2.61. The Kier molecular flexibility index (Phi) is 55.4. The predicted octanol–water partition coefficient (Wildman–Crippen LogP) is 17.3. The molecular weight excluding hydrogens is 1030 g/mol. The maximum Gasteiger partial charge on any atom is 0.306 e. The summed E-state index contributed by atoms with van der Waals surface area (Å²) in [6, 6.07) is -1.03. The molecule has 0 aromatic heterocycles. The average Bonchev–Trinajstić information content (AvgIpc) is 3.68. The third-order valence-electron chi connectivity index (χ3n) is 16.2. The van der Waals surface area contributed by atoms with Gasteiger partial charge in [-0.05, 0) is 70.6 Å². The van der Waals surface area contributed by atoms with Crippen LogP contribution in [-0.4, -0.2) is 99.6 Å². The van der Waals surface area contributed by atoms with E-state index in [4.69, 9.17) is 14.2 Å². The van der Waals surface area contributed by atoms with E-state index in [2.05, 4.69) is 68.6 Å². The van der Waals surface area contributed by atoms with Gasteiger partial charge in [0.15, 0.2) is 12.4 Å². The first-order valence-electron chi connectivity index (χ1n) is 34.6. The first kappa shape index (κ1) is 77.4. The number of amides is 1. The van der Waals surface area contributed by atoms with Crippen molar-refractivity contribution in [1.29, 1.82) is 0 Å². The van der Waals surface area contributed by atoms with Gasteiger partial charge in [-0.25, -0.2) is 0 Å². The van der Waals surface area contributed by atoms with Gasteiger partial charge in [-0.2, -0.15) is 0 Å². The normalized spacial score (nSPS) is 19.0. The molecule has 0 spiro atoms. The molecule has 0 saturated carbocycles. The number of aliphatic hydroxyl groups is 5. The van der Waals surface area contributed by atoms with Crippen molar-refractivity contribution in [2.75, 3.05) is 13.2 Å². The number of ether oxygens (including phenoxy) is 3. The van der Waals surface area contributed by atoms with Crippen LogP contribution in [0.5, 0.6) is 0 Å². The molecular formula is C71H129NO10. The van der Waals surface area contributed by atoms with Crippen LogP contribution in [0.3, 0.4) is 0 Å². The van der Waals surface area contributed by atoms with Crippen LogP contribution in [0, 0.1) is 0 Å². The molecule has 1 rings (SSSR count). The molecule has 0 aromatic rings. The van der Waals surface area contributed by atoms with E-state index < -0.39 is 67.4 Å². The second-order valence-electron chi connectivity index (χ2n) is 23.9. The molecule has 82 heavy (non-hydrogen) atoms. The summed E-state index contributed by atoms with van der Waals surface area (Å²) in [7, 11) is 0. The fraction of sp³-hybridized carbons (Fsp3) is 0.831. The number of aliphatic hydroxyl groups excluding tert-OH is 5. The topological polar surface area (TPSA) is 175 Å². The number of unbranched alkanes of at least 4 members (excludes halogenated alkanes) is 39. The number of esters is 1. The number of allylic oxidation sites excluding steroid dienone is 9. The van der Waals surface area contributed by atoms with E-state index in [0.29, 0.717) is 12.8 Å². The molecule has 11 heteroatoms. The Hall–Kier alpha value is -2.64. The van der Waals surface area contributed by atoms with Gasteiger partial charge in [0.25, 0.3) is 0 Å². The minimum Gasteiger partial charge on any atom is -0.454 e. The standard InChI is InChI=1S/C71H129NO10/c1-4-7-10-13-16-19-22-25-27-28-29-30-31-32-33-34-35-36-37-38-39-41-44-47-50-53-56-59-66(76)82-69-68(78)67(77)65(60-73)81-71(69)80-61-62(63(74)57-54-51-48-45-42-24-21-18-15-12-9-6-3)72-70(79)64(75)58-55-52-49-46-43-40-26-23-20-17-14-11-8-5-2/h8,11,14,17,20,23,25,27,54,57,62-65,67-69,71,73-75,77-78H,4-7,9-10,12-13,15-16,18-19,21-22,24,26,28-53,55-56,58-61H2,1-3H3,(H,72,79)/b11-8+,17-14+,23-20+,27-25+,57-54+. The Bertz CT molecular complexity index is 1560. The van der Waals surface area contributed by atoms with Crippen molar-refractivity contribution in [3.8, 4) is 0 Å². The molecule has 478 valence electrons. The monoisotopic (exact) mass is 1160 g/mol. The highest BCUT2D eigenvalue weighted by atomic mass is 16.7. The zero-order chi connectivity index (χ0) is 59.6. The number of rotatable bonds is 59. The lowest BCUT2D eigenvalue weighted by Gasteiger charge is -2.41. The van der Waals surface area contributed by atoms with Gasteiger partial charge in [0.2, 0.25) is 5.91 Å². The molecule has 1 heterocycles. The van der Waals surface area contributed by atoms with E-state index in [0.717, 1.165) is 83.5 Å². The lowest BCUT2D eigenvalue weighted by atomic mass is 9.99. The molecule has 1 saturated heterocycles. The molecule has 1 amide bonds. The molecule has 0 bridgehead atoms. The summed E-state index contributed by atoms with van der Waals surface area (Å²) in [5.41, 5.74) is 0. The van der Waals surface area contributed by atoms with Crippen LogP contribution in [0.25, 0.3) is 0 Å². The van der Waals surface area contributed by atoms with Gasteiger partial charge in [0.1, 0.15) is 24.4 Å². The molecule has 0 radical (unpaired) electrons. The van der Waals surface area contributed by atoms with Crippen LogP contribution < -0.4 is 5.32 Å². The van der Waals surface area contributed by atoms with Crippen LogP contribution in [0.2, 0.25) is 0 Å². The maximum atomic E-state index is 13.4. The quantitative estimate of drug-likeness (QED) is 0.0149. The van der Waals surface area contributed by atoms with Crippen LogP contribution in [-0.2, 0) is 23.8 Å². The molecule has 8 unspecified atom stereocenters. The van der Waals surface area contributed by atoms with Gasteiger partial charge in [0, 0.05) is 6.42 Å². The van der Waals surface area contributed by atoms with Gasteiger partial charge in [-0.3, -0.25) is 9.59 Å². The van der Waals surface area contributed by atoms with Gasteiger partial charge >= 0.3 is 5.97 Å². The van der Waals surface area contributed by atoms with Crippen LogP contribution in [0.4, 0.5) is 0 Å². The SMILES string of the molecule is CC/C=C/C=C/C=C/CCCCCCCCC(O)C(=O)NC(COC1OC(CO)C(O)C(O)C1OC(=O)CCCCCCCCCCCCCCCCCCC/C=C/CCCCCCCC)C(O)/C=C/CCCCCCCCCCCC. The highest BCUT2D eigenvalue weighted by Crippen LogP contribution is 2.26. The fourth-order valence-corrected chi connectivity index (χ4v) is 10.8. The van der Waals surface area contributed by atoms with Crippen LogP contribution in [0.1, 0.15) is 316 Å². The highest BCUT2D eigenvalue weighted by Gasteiger charge is 2.47. The lowest BCUT2D eigenvalue weighted by molar-refractivity contribution is -0.305. The fourth-order valence-electron chi connectivity index (χ4n) is 10.8. The Balaban J connectivity index is 2.53. The third kappa shape index (κ3) is 45.7. The summed E-state index contributed by atoms with van der Waals surface area (Å²) in [4.78, 5) is 26.6. The zero-order valence-electron chi connectivity index (χ0n) is 53.1.